The third kappa shape index (κ3) is 2.09. The van der Waals surface area contributed by atoms with E-state index in [0.717, 1.165) is 19.4 Å². The molecule has 0 aromatic heterocycles. The zero-order chi connectivity index (χ0) is 13.3. The van der Waals surface area contributed by atoms with Crippen LogP contribution in [-0.2, 0) is 4.74 Å². The maximum atomic E-state index is 9.68. The largest absolute Gasteiger partial charge is 0.396 e. The zero-order valence-corrected chi connectivity index (χ0v) is 11.0. The van der Waals surface area contributed by atoms with Gasteiger partial charge in [0, 0.05) is 6.54 Å². The standard InChI is InChI=1S/C15H21NO3/c17-10-15(11-18)7-4-8-16-13(9-19-14(15)16)12-5-2-1-3-6-12/h1-3,5-6,13-14,17-18H,4,7-11H2/t13-,14+/m0/s1. The Kier molecular flexibility index (Phi) is 3.58. The minimum atomic E-state index is -0.512. The molecule has 0 spiro atoms. The van der Waals surface area contributed by atoms with Gasteiger partial charge in [-0.3, -0.25) is 4.90 Å². The van der Waals surface area contributed by atoms with Crippen molar-refractivity contribution in [3.05, 3.63) is 35.9 Å². The molecule has 3 rings (SSSR count). The van der Waals surface area contributed by atoms with Crippen LogP contribution in [0.1, 0.15) is 24.4 Å². The fraction of sp³-hybridized carbons (Fsp3) is 0.600. The Hall–Kier alpha value is -0.940. The maximum Gasteiger partial charge on any atom is 0.121 e. The molecular weight excluding hydrogens is 242 g/mol. The second kappa shape index (κ2) is 5.21. The predicted octanol–water partition coefficient (Wildman–Crippen LogP) is 1.15. The second-order valence-electron chi connectivity index (χ2n) is 5.63. The SMILES string of the molecule is OCC1(CO)CCCN2[C@H](c3ccccc3)CO[C@@H]21. The van der Waals surface area contributed by atoms with Crippen LogP contribution in [0.2, 0.25) is 0 Å². The Balaban J connectivity index is 1.86. The first kappa shape index (κ1) is 13.1. The first-order valence-corrected chi connectivity index (χ1v) is 6.95. The van der Waals surface area contributed by atoms with Crippen LogP contribution >= 0.6 is 0 Å². The number of piperidine rings is 1. The van der Waals surface area contributed by atoms with Gasteiger partial charge in [-0.05, 0) is 18.4 Å². The molecule has 104 valence electrons. The van der Waals surface area contributed by atoms with Gasteiger partial charge in [-0.25, -0.2) is 0 Å². The summed E-state index contributed by atoms with van der Waals surface area (Å²) in [6, 6.07) is 10.6. The summed E-state index contributed by atoms with van der Waals surface area (Å²) in [6.07, 6.45) is 1.65. The third-order valence-electron chi connectivity index (χ3n) is 4.54. The molecule has 0 bridgehead atoms. The van der Waals surface area contributed by atoms with E-state index in [1.165, 1.54) is 5.56 Å². The number of benzene rings is 1. The van der Waals surface area contributed by atoms with Crippen LogP contribution in [0.15, 0.2) is 30.3 Å². The average Bonchev–Trinajstić information content (AvgIpc) is 2.92. The lowest BCUT2D eigenvalue weighted by molar-refractivity contribution is -0.141. The van der Waals surface area contributed by atoms with Crippen molar-refractivity contribution in [3.8, 4) is 0 Å². The molecule has 2 aliphatic heterocycles. The molecule has 1 aromatic carbocycles. The van der Waals surface area contributed by atoms with Gasteiger partial charge in [0.2, 0.25) is 0 Å². The Morgan fingerprint density at radius 1 is 1.21 bits per heavy atom. The summed E-state index contributed by atoms with van der Waals surface area (Å²) in [7, 11) is 0. The zero-order valence-electron chi connectivity index (χ0n) is 11.0. The second-order valence-corrected chi connectivity index (χ2v) is 5.63. The Morgan fingerprint density at radius 2 is 1.95 bits per heavy atom. The number of hydrogen-bond donors (Lipinski definition) is 2. The molecule has 4 heteroatoms. The van der Waals surface area contributed by atoms with Crippen LogP contribution in [0.25, 0.3) is 0 Å². The van der Waals surface area contributed by atoms with Crippen molar-refractivity contribution in [1.29, 1.82) is 0 Å². The van der Waals surface area contributed by atoms with Crippen LogP contribution < -0.4 is 0 Å². The first-order chi connectivity index (χ1) is 9.30. The molecule has 19 heavy (non-hydrogen) atoms. The molecule has 2 atom stereocenters. The van der Waals surface area contributed by atoms with Gasteiger partial charge < -0.3 is 14.9 Å². The molecule has 0 aliphatic carbocycles. The van der Waals surface area contributed by atoms with E-state index in [1.807, 2.05) is 18.2 Å². The Bertz CT molecular complexity index is 419. The minimum Gasteiger partial charge on any atom is -0.396 e. The topological polar surface area (TPSA) is 52.9 Å². The molecule has 2 saturated heterocycles. The minimum absolute atomic E-state index is 0.0217. The summed E-state index contributed by atoms with van der Waals surface area (Å²) in [5.74, 6) is 0. The summed E-state index contributed by atoms with van der Waals surface area (Å²) in [5.41, 5.74) is 0.735. The molecular formula is C15H21NO3. The van der Waals surface area contributed by atoms with Gasteiger partial charge in [-0.1, -0.05) is 30.3 Å². The van der Waals surface area contributed by atoms with Crippen molar-refractivity contribution in [2.45, 2.75) is 25.1 Å². The first-order valence-electron chi connectivity index (χ1n) is 6.95. The molecule has 0 radical (unpaired) electrons. The van der Waals surface area contributed by atoms with Gasteiger partial charge in [0.05, 0.1) is 31.3 Å². The van der Waals surface area contributed by atoms with Crippen LogP contribution in [0, 0.1) is 5.41 Å². The number of aliphatic hydroxyl groups is 2. The van der Waals surface area contributed by atoms with E-state index in [1.54, 1.807) is 0 Å². The molecule has 0 amide bonds. The quantitative estimate of drug-likeness (QED) is 0.859. The molecule has 1 aromatic rings. The van der Waals surface area contributed by atoms with E-state index in [0.29, 0.717) is 6.61 Å². The lowest BCUT2D eigenvalue weighted by Crippen LogP contribution is -2.54. The normalized spacial score (nSPS) is 30.2. The van der Waals surface area contributed by atoms with E-state index < -0.39 is 5.41 Å². The number of aliphatic hydroxyl groups excluding tert-OH is 2. The van der Waals surface area contributed by atoms with Crippen molar-refractivity contribution in [2.24, 2.45) is 5.41 Å². The van der Waals surface area contributed by atoms with Crippen molar-refractivity contribution in [1.82, 2.24) is 4.90 Å². The maximum absolute atomic E-state index is 9.68. The monoisotopic (exact) mass is 263 g/mol. The summed E-state index contributed by atoms with van der Waals surface area (Å²) in [4.78, 5) is 2.30. The van der Waals surface area contributed by atoms with Gasteiger partial charge in [0.1, 0.15) is 6.23 Å². The van der Waals surface area contributed by atoms with Crippen LogP contribution in [0.3, 0.4) is 0 Å². The van der Waals surface area contributed by atoms with Crippen molar-refractivity contribution in [3.63, 3.8) is 0 Å². The molecule has 0 saturated carbocycles. The molecule has 2 aliphatic rings. The average molecular weight is 263 g/mol. The number of nitrogens with zero attached hydrogens (tertiary/aromatic N) is 1. The van der Waals surface area contributed by atoms with Crippen molar-refractivity contribution in [2.75, 3.05) is 26.4 Å². The van der Waals surface area contributed by atoms with E-state index in [-0.39, 0.29) is 25.5 Å². The Morgan fingerprint density at radius 3 is 2.63 bits per heavy atom. The van der Waals surface area contributed by atoms with Gasteiger partial charge in [-0.15, -0.1) is 0 Å². The molecule has 2 N–H and O–H groups in total. The van der Waals surface area contributed by atoms with E-state index in [2.05, 4.69) is 17.0 Å². The smallest absolute Gasteiger partial charge is 0.121 e. The fourth-order valence-corrected chi connectivity index (χ4v) is 3.40. The third-order valence-corrected chi connectivity index (χ3v) is 4.54. The van der Waals surface area contributed by atoms with E-state index in [9.17, 15) is 10.2 Å². The van der Waals surface area contributed by atoms with Crippen LogP contribution in [0.5, 0.6) is 0 Å². The molecule has 0 unspecified atom stereocenters. The lowest BCUT2D eigenvalue weighted by Gasteiger charge is -2.45. The lowest BCUT2D eigenvalue weighted by atomic mass is 9.79. The summed E-state index contributed by atoms with van der Waals surface area (Å²) in [5, 5.41) is 19.4. The van der Waals surface area contributed by atoms with Gasteiger partial charge >= 0.3 is 0 Å². The molecule has 2 heterocycles. The highest BCUT2D eigenvalue weighted by molar-refractivity contribution is 5.21. The van der Waals surface area contributed by atoms with E-state index >= 15 is 0 Å². The number of rotatable bonds is 3. The number of hydrogen-bond acceptors (Lipinski definition) is 4. The molecule has 4 nitrogen and oxygen atoms in total. The highest BCUT2D eigenvalue weighted by Gasteiger charge is 2.50. The van der Waals surface area contributed by atoms with Gasteiger partial charge in [0.15, 0.2) is 0 Å². The predicted molar refractivity (Wildman–Crippen MR) is 71.5 cm³/mol. The van der Waals surface area contributed by atoms with Crippen LogP contribution in [-0.4, -0.2) is 47.7 Å². The summed E-state index contributed by atoms with van der Waals surface area (Å²) >= 11 is 0. The van der Waals surface area contributed by atoms with Crippen LogP contribution in [0.4, 0.5) is 0 Å². The summed E-state index contributed by atoms with van der Waals surface area (Å²) in [6.45, 7) is 1.56. The van der Waals surface area contributed by atoms with E-state index in [4.69, 9.17) is 4.74 Å². The highest BCUT2D eigenvalue weighted by atomic mass is 16.5. The highest BCUT2D eigenvalue weighted by Crippen LogP contribution is 2.44. The van der Waals surface area contributed by atoms with Crippen molar-refractivity contribution < 1.29 is 14.9 Å². The number of fused-ring (bicyclic) bond motifs is 1. The summed E-state index contributed by atoms with van der Waals surface area (Å²) < 4.78 is 5.93. The van der Waals surface area contributed by atoms with Gasteiger partial charge in [-0.2, -0.15) is 0 Å². The number of ether oxygens (including phenoxy) is 1. The Labute approximate surface area is 113 Å². The molecule has 2 fully saturated rings. The fourth-order valence-electron chi connectivity index (χ4n) is 3.40. The van der Waals surface area contributed by atoms with Gasteiger partial charge in [0.25, 0.3) is 0 Å². The van der Waals surface area contributed by atoms with Crippen molar-refractivity contribution >= 4 is 0 Å².